The van der Waals surface area contributed by atoms with Crippen LogP contribution in [0.1, 0.15) is 32.4 Å². The molecular weight excluding hydrogens is 222 g/mol. The van der Waals surface area contributed by atoms with Gasteiger partial charge in [-0.2, -0.15) is 11.3 Å². The number of methoxy groups -OCH3 is 1. The van der Waals surface area contributed by atoms with Gasteiger partial charge in [0.1, 0.15) is 0 Å². The van der Waals surface area contributed by atoms with Gasteiger partial charge in [0.05, 0.1) is 13.0 Å². The standard InChI is InChI=1S/C12H19NO2S/c1-8(12(14)15-4)9(2)13-10(3)11-5-6-16-7-11/h5-10,13H,1-4H3. The minimum absolute atomic E-state index is 0.0994. The highest BCUT2D eigenvalue weighted by atomic mass is 32.1. The molecule has 0 saturated carbocycles. The number of ether oxygens (including phenoxy) is 1. The van der Waals surface area contributed by atoms with Crippen molar-refractivity contribution in [2.75, 3.05) is 7.11 Å². The van der Waals surface area contributed by atoms with E-state index in [0.29, 0.717) is 0 Å². The van der Waals surface area contributed by atoms with Crippen LogP contribution < -0.4 is 5.32 Å². The quantitative estimate of drug-likeness (QED) is 0.805. The van der Waals surface area contributed by atoms with Crippen LogP contribution in [0.2, 0.25) is 0 Å². The third kappa shape index (κ3) is 3.32. The third-order valence-corrected chi connectivity index (χ3v) is 3.58. The summed E-state index contributed by atoms with van der Waals surface area (Å²) in [6.07, 6.45) is 0. The molecule has 16 heavy (non-hydrogen) atoms. The van der Waals surface area contributed by atoms with Crippen LogP contribution in [0.4, 0.5) is 0 Å². The average Bonchev–Trinajstić information content (AvgIpc) is 2.80. The van der Waals surface area contributed by atoms with Crippen molar-refractivity contribution in [1.82, 2.24) is 5.32 Å². The number of rotatable bonds is 5. The van der Waals surface area contributed by atoms with Gasteiger partial charge in [0, 0.05) is 12.1 Å². The van der Waals surface area contributed by atoms with Gasteiger partial charge >= 0.3 is 5.97 Å². The maximum absolute atomic E-state index is 11.4. The fourth-order valence-electron chi connectivity index (χ4n) is 1.55. The van der Waals surface area contributed by atoms with E-state index in [1.807, 2.05) is 13.8 Å². The van der Waals surface area contributed by atoms with Gasteiger partial charge in [-0.15, -0.1) is 0 Å². The van der Waals surface area contributed by atoms with Crippen molar-refractivity contribution in [2.45, 2.75) is 32.9 Å². The number of carbonyl (C=O) groups is 1. The maximum atomic E-state index is 11.4. The van der Waals surface area contributed by atoms with Crippen LogP contribution in [0.15, 0.2) is 16.8 Å². The number of nitrogens with one attached hydrogen (secondary N) is 1. The second-order valence-corrected chi connectivity index (χ2v) is 4.83. The van der Waals surface area contributed by atoms with E-state index in [4.69, 9.17) is 4.74 Å². The Balaban J connectivity index is 2.51. The topological polar surface area (TPSA) is 38.3 Å². The number of esters is 1. The second kappa shape index (κ2) is 6.01. The molecule has 0 bridgehead atoms. The minimum atomic E-state index is -0.169. The molecular formula is C12H19NO2S. The van der Waals surface area contributed by atoms with E-state index in [-0.39, 0.29) is 24.0 Å². The summed E-state index contributed by atoms with van der Waals surface area (Å²) in [6, 6.07) is 2.45. The lowest BCUT2D eigenvalue weighted by Gasteiger charge is -2.23. The summed E-state index contributed by atoms with van der Waals surface area (Å²) < 4.78 is 4.73. The molecule has 0 saturated heterocycles. The van der Waals surface area contributed by atoms with Gasteiger partial charge in [-0.25, -0.2) is 0 Å². The van der Waals surface area contributed by atoms with Crippen LogP contribution in [0.3, 0.4) is 0 Å². The van der Waals surface area contributed by atoms with Gasteiger partial charge < -0.3 is 10.1 Å². The van der Waals surface area contributed by atoms with Crippen molar-refractivity contribution in [1.29, 1.82) is 0 Å². The molecule has 3 atom stereocenters. The van der Waals surface area contributed by atoms with E-state index in [2.05, 4.69) is 29.1 Å². The molecule has 1 heterocycles. The molecule has 4 heteroatoms. The van der Waals surface area contributed by atoms with Crippen LogP contribution in [0, 0.1) is 5.92 Å². The Kier molecular flexibility index (Phi) is 4.96. The van der Waals surface area contributed by atoms with Crippen LogP contribution in [0.5, 0.6) is 0 Å². The summed E-state index contributed by atoms with van der Waals surface area (Å²) in [6.45, 7) is 5.98. The van der Waals surface area contributed by atoms with Crippen molar-refractivity contribution in [3.63, 3.8) is 0 Å². The van der Waals surface area contributed by atoms with E-state index in [1.54, 1.807) is 11.3 Å². The van der Waals surface area contributed by atoms with Crippen molar-refractivity contribution >= 4 is 17.3 Å². The Labute approximate surface area is 101 Å². The Bertz CT molecular complexity index is 324. The molecule has 0 fully saturated rings. The zero-order valence-corrected chi connectivity index (χ0v) is 11.0. The minimum Gasteiger partial charge on any atom is -0.469 e. The monoisotopic (exact) mass is 241 g/mol. The molecule has 1 N–H and O–H groups in total. The molecule has 0 aromatic carbocycles. The van der Waals surface area contributed by atoms with Crippen molar-refractivity contribution in [3.05, 3.63) is 22.4 Å². The molecule has 1 aromatic rings. The number of carbonyl (C=O) groups excluding carboxylic acids is 1. The summed E-state index contributed by atoms with van der Waals surface area (Å²) >= 11 is 1.68. The van der Waals surface area contributed by atoms with Crippen LogP contribution in [-0.2, 0) is 9.53 Å². The van der Waals surface area contributed by atoms with E-state index in [0.717, 1.165) is 0 Å². The fraction of sp³-hybridized carbons (Fsp3) is 0.583. The van der Waals surface area contributed by atoms with Gasteiger partial charge in [0.25, 0.3) is 0 Å². The molecule has 0 aliphatic carbocycles. The van der Waals surface area contributed by atoms with Crippen LogP contribution >= 0.6 is 11.3 Å². The summed E-state index contributed by atoms with van der Waals surface area (Å²) in [5, 5.41) is 7.58. The molecule has 0 aliphatic rings. The van der Waals surface area contributed by atoms with E-state index >= 15 is 0 Å². The van der Waals surface area contributed by atoms with Gasteiger partial charge in [0.15, 0.2) is 0 Å². The Hall–Kier alpha value is -0.870. The highest BCUT2D eigenvalue weighted by Gasteiger charge is 2.22. The molecule has 3 nitrogen and oxygen atoms in total. The Morgan fingerprint density at radius 2 is 2.12 bits per heavy atom. The second-order valence-electron chi connectivity index (χ2n) is 4.05. The molecule has 0 amide bonds. The number of thiophene rings is 1. The van der Waals surface area contributed by atoms with Crippen molar-refractivity contribution in [2.24, 2.45) is 5.92 Å². The highest BCUT2D eigenvalue weighted by molar-refractivity contribution is 7.07. The van der Waals surface area contributed by atoms with Gasteiger partial charge in [0.2, 0.25) is 0 Å². The van der Waals surface area contributed by atoms with Gasteiger partial charge in [-0.3, -0.25) is 4.79 Å². The smallest absolute Gasteiger partial charge is 0.309 e. The molecule has 1 rings (SSSR count). The SMILES string of the molecule is COC(=O)C(C)C(C)NC(C)c1ccsc1. The molecule has 3 unspecified atom stereocenters. The number of hydrogen-bond donors (Lipinski definition) is 1. The zero-order chi connectivity index (χ0) is 12.1. The summed E-state index contributed by atoms with van der Waals surface area (Å²) in [5.74, 6) is -0.302. The summed E-state index contributed by atoms with van der Waals surface area (Å²) in [4.78, 5) is 11.4. The Morgan fingerprint density at radius 1 is 1.44 bits per heavy atom. The lowest BCUT2D eigenvalue weighted by molar-refractivity contribution is -0.145. The first-order chi connectivity index (χ1) is 7.56. The van der Waals surface area contributed by atoms with Gasteiger partial charge in [-0.1, -0.05) is 6.92 Å². The first-order valence-corrected chi connectivity index (χ1v) is 6.36. The predicted octanol–water partition coefficient (Wildman–Crippen LogP) is 2.60. The third-order valence-electron chi connectivity index (χ3n) is 2.88. The Morgan fingerprint density at radius 3 is 2.62 bits per heavy atom. The lowest BCUT2D eigenvalue weighted by atomic mass is 10.0. The summed E-state index contributed by atoms with van der Waals surface area (Å²) in [5.41, 5.74) is 1.26. The largest absolute Gasteiger partial charge is 0.469 e. The molecule has 0 spiro atoms. The predicted molar refractivity (Wildman–Crippen MR) is 66.5 cm³/mol. The fourth-order valence-corrected chi connectivity index (χ4v) is 2.30. The maximum Gasteiger partial charge on any atom is 0.309 e. The van der Waals surface area contributed by atoms with Crippen molar-refractivity contribution < 1.29 is 9.53 Å². The van der Waals surface area contributed by atoms with E-state index in [1.165, 1.54) is 12.7 Å². The molecule has 0 aliphatic heterocycles. The average molecular weight is 241 g/mol. The van der Waals surface area contributed by atoms with Crippen molar-refractivity contribution in [3.8, 4) is 0 Å². The molecule has 0 radical (unpaired) electrons. The molecule has 90 valence electrons. The van der Waals surface area contributed by atoms with Gasteiger partial charge in [-0.05, 0) is 36.2 Å². The van der Waals surface area contributed by atoms with E-state index < -0.39 is 0 Å². The van der Waals surface area contributed by atoms with Crippen LogP contribution in [-0.4, -0.2) is 19.1 Å². The zero-order valence-electron chi connectivity index (χ0n) is 10.2. The normalized spacial score (nSPS) is 16.5. The summed E-state index contributed by atoms with van der Waals surface area (Å²) in [7, 11) is 1.42. The lowest BCUT2D eigenvalue weighted by Crippen LogP contribution is -2.38. The molecule has 1 aromatic heterocycles. The number of hydrogen-bond acceptors (Lipinski definition) is 4. The highest BCUT2D eigenvalue weighted by Crippen LogP contribution is 2.17. The van der Waals surface area contributed by atoms with E-state index in [9.17, 15) is 4.79 Å². The first kappa shape index (κ1) is 13.2. The first-order valence-electron chi connectivity index (χ1n) is 5.42. The van der Waals surface area contributed by atoms with Crippen LogP contribution in [0.25, 0.3) is 0 Å².